The smallest absolute Gasteiger partial charge is 0.313 e. The Morgan fingerprint density at radius 1 is 1.12 bits per heavy atom. The molecule has 1 N–H and O–H groups in total. The van der Waals surface area contributed by atoms with Gasteiger partial charge in [-0.3, -0.25) is 4.98 Å². The maximum absolute atomic E-state index is 12.9. The number of anilines is 1. The van der Waals surface area contributed by atoms with Crippen molar-refractivity contribution in [3.8, 4) is 0 Å². The third-order valence-electron chi connectivity index (χ3n) is 4.27. The number of rotatable bonds is 2. The number of benzene rings is 1. The molecule has 0 saturated carbocycles. The van der Waals surface area contributed by atoms with Crippen molar-refractivity contribution in [2.45, 2.75) is 12.5 Å². The minimum absolute atomic E-state index is 0.0389. The van der Waals surface area contributed by atoms with E-state index >= 15 is 0 Å². The highest BCUT2D eigenvalue weighted by molar-refractivity contribution is 7.10. The van der Waals surface area contributed by atoms with Gasteiger partial charge in [-0.1, -0.05) is 30.3 Å². The molecule has 3 heterocycles. The SMILES string of the molecule is O=C(Nc1ccncc1)N1CCc2sccc2[C@@H]1c1ccccc1. The van der Waals surface area contributed by atoms with E-state index < -0.39 is 0 Å². The number of aromatic nitrogens is 1. The Morgan fingerprint density at radius 3 is 2.71 bits per heavy atom. The highest BCUT2D eigenvalue weighted by atomic mass is 32.1. The number of fused-ring (bicyclic) bond motifs is 1. The van der Waals surface area contributed by atoms with Crippen LogP contribution in [0.15, 0.2) is 66.3 Å². The zero-order valence-electron chi connectivity index (χ0n) is 13.1. The monoisotopic (exact) mass is 335 g/mol. The molecular weight excluding hydrogens is 318 g/mol. The van der Waals surface area contributed by atoms with Crippen LogP contribution < -0.4 is 5.32 Å². The topological polar surface area (TPSA) is 45.2 Å². The van der Waals surface area contributed by atoms with E-state index in [1.165, 1.54) is 10.4 Å². The van der Waals surface area contributed by atoms with Gasteiger partial charge < -0.3 is 10.2 Å². The zero-order chi connectivity index (χ0) is 16.4. The first kappa shape index (κ1) is 14.9. The number of nitrogens with one attached hydrogen (secondary N) is 1. The summed E-state index contributed by atoms with van der Waals surface area (Å²) in [7, 11) is 0. The molecule has 1 aliphatic heterocycles. The second-order valence-electron chi connectivity index (χ2n) is 5.72. The van der Waals surface area contributed by atoms with Gasteiger partial charge >= 0.3 is 6.03 Å². The van der Waals surface area contributed by atoms with E-state index in [-0.39, 0.29) is 12.1 Å². The van der Waals surface area contributed by atoms with Gasteiger partial charge in [0.1, 0.15) is 0 Å². The molecule has 0 aliphatic carbocycles. The van der Waals surface area contributed by atoms with E-state index in [4.69, 9.17) is 0 Å². The van der Waals surface area contributed by atoms with Crippen molar-refractivity contribution < 1.29 is 4.79 Å². The Balaban J connectivity index is 1.67. The lowest BCUT2D eigenvalue weighted by Gasteiger charge is -2.36. The number of hydrogen-bond acceptors (Lipinski definition) is 3. The Hall–Kier alpha value is -2.66. The minimum atomic E-state index is -0.0769. The van der Waals surface area contributed by atoms with Gasteiger partial charge in [0, 0.05) is 29.5 Å². The average molecular weight is 335 g/mol. The lowest BCUT2D eigenvalue weighted by molar-refractivity contribution is 0.194. The van der Waals surface area contributed by atoms with Gasteiger partial charge in [-0.05, 0) is 41.1 Å². The first-order valence-electron chi connectivity index (χ1n) is 7.92. The van der Waals surface area contributed by atoms with Crippen molar-refractivity contribution in [3.05, 3.63) is 82.3 Å². The highest BCUT2D eigenvalue weighted by Crippen LogP contribution is 2.37. The number of carbonyl (C=O) groups excluding carboxylic acids is 1. The molecule has 0 saturated heterocycles. The number of amides is 2. The zero-order valence-corrected chi connectivity index (χ0v) is 13.9. The third-order valence-corrected chi connectivity index (χ3v) is 5.27. The summed E-state index contributed by atoms with van der Waals surface area (Å²) in [6.45, 7) is 0.712. The minimum Gasteiger partial charge on any atom is -0.313 e. The van der Waals surface area contributed by atoms with Crippen molar-refractivity contribution in [1.29, 1.82) is 0 Å². The van der Waals surface area contributed by atoms with Crippen LogP contribution in [0.5, 0.6) is 0 Å². The number of carbonyl (C=O) groups is 1. The van der Waals surface area contributed by atoms with Crippen molar-refractivity contribution >= 4 is 23.1 Å². The van der Waals surface area contributed by atoms with Gasteiger partial charge in [0.05, 0.1) is 6.04 Å². The van der Waals surface area contributed by atoms with E-state index in [9.17, 15) is 4.79 Å². The van der Waals surface area contributed by atoms with Gasteiger partial charge in [0.25, 0.3) is 0 Å². The molecule has 5 heteroatoms. The lowest BCUT2D eigenvalue weighted by atomic mass is 9.93. The predicted molar refractivity (Wildman–Crippen MR) is 96.3 cm³/mol. The van der Waals surface area contributed by atoms with E-state index in [0.717, 1.165) is 17.7 Å². The maximum Gasteiger partial charge on any atom is 0.322 e. The second kappa shape index (κ2) is 6.45. The fourth-order valence-corrected chi connectivity index (χ4v) is 4.06. The fraction of sp³-hybridized carbons (Fsp3) is 0.158. The highest BCUT2D eigenvalue weighted by Gasteiger charge is 2.32. The number of pyridine rings is 1. The van der Waals surface area contributed by atoms with Gasteiger partial charge in [-0.15, -0.1) is 11.3 Å². The van der Waals surface area contributed by atoms with Crippen LogP contribution in [0.3, 0.4) is 0 Å². The quantitative estimate of drug-likeness (QED) is 0.758. The average Bonchev–Trinajstić information content (AvgIpc) is 3.11. The summed E-state index contributed by atoms with van der Waals surface area (Å²) >= 11 is 1.77. The molecule has 1 atom stereocenters. The molecule has 0 fully saturated rings. The van der Waals surface area contributed by atoms with Crippen LogP contribution in [0.25, 0.3) is 0 Å². The van der Waals surface area contributed by atoms with Crippen molar-refractivity contribution in [2.24, 2.45) is 0 Å². The van der Waals surface area contributed by atoms with Crippen LogP contribution in [0, 0.1) is 0 Å². The normalized spacial score (nSPS) is 16.5. The van der Waals surface area contributed by atoms with Crippen molar-refractivity contribution in [3.63, 3.8) is 0 Å². The Morgan fingerprint density at radius 2 is 1.92 bits per heavy atom. The molecule has 1 aliphatic rings. The van der Waals surface area contributed by atoms with Crippen LogP contribution >= 0.6 is 11.3 Å². The van der Waals surface area contributed by atoms with Crippen LogP contribution in [0.2, 0.25) is 0 Å². The lowest BCUT2D eigenvalue weighted by Crippen LogP contribution is -2.42. The molecule has 0 bridgehead atoms. The fourth-order valence-electron chi connectivity index (χ4n) is 3.16. The van der Waals surface area contributed by atoms with Crippen molar-refractivity contribution in [2.75, 3.05) is 11.9 Å². The van der Waals surface area contributed by atoms with E-state index in [1.54, 1.807) is 35.9 Å². The predicted octanol–water partition coefficient (Wildman–Crippen LogP) is 4.32. The second-order valence-corrected chi connectivity index (χ2v) is 6.72. The summed E-state index contributed by atoms with van der Waals surface area (Å²) in [5, 5.41) is 5.10. The summed E-state index contributed by atoms with van der Waals surface area (Å²) in [5.74, 6) is 0. The standard InChI is InChI=1S/C19H17N3OS/c23-19(21-15-6-10-20-11-7-15)22-12-8-17-16(9-13-24-17)18(22)14-4-2-1-3-5-14/h1-7,9-11,13,18H,8,12H2,(H,20,21,23)/t18-/m0/s1. The molecule has 4 rings (SSSR count). The van der Waals surface area contributed by atoms with Crippen molar-refractivity contribution in [1.82, 2.24) is 9.88 Å². The molecule has 0 radical (unpaired) electrons. The molecule has 2 aromatic heterocycles. The first-order valence-corrected chi connectivity index (χ1v) is 8.80. The third kappa shape index (κ3) is 2.78. The summed E-state index contributed by atoms with van der Waals surface area (Å²) in [4.78, 5) is 20.2. The molecule has 24 heavy (non-hydrogen) atoms. The summed E-state index contributed by atoms with van der Waals surface area (Å²) in [6, 6.07) is 15.9. The summed E-state index contributed by atoms with van der Waals surface area (Å²) in [5.41, 5.74) is 3.14. The van der Waals surface area contributed by atoms with Crippen LogP contribution in [-0.2, 0) is 6.42 Å². The van der Waals surface area contributed by atoms with Crippen LogP contribution in [-0.4, -0.2) is 22.5 Å². The van der Waals surface area contributed by atoms with E-state index in [2.05, 4.69) is 33.9 Å². The number of nitrogens with zero attached hydrogens (tertiary/aromatic N) is 2. The Labute approximate surface area is 144 Å². The van der Waals surface area contributed by atoms with Gasteiger partial charge in [0.2, 0.25) is 0 Å². The molecule has 3 aromatic rings. The van der Waals surface area contributed by atoms with E-state index in [0.29, 0.717) is 6.54 Å². The summed E-state index contributed by atoms with van der Waals surface area (Å²) < 4.78 is 0. The largest absolute Gasteiger partial charge is 0.322 e. The van der Waals surface area contributed by atoms with E-state index in [1.807, 2.05) is 23.1 Å². The molecule has 1 aromatic carbocycles. The molecular formula is C19H17N3OS. The Bertz CT molecular complexity index is 832. The van der Waals surface area contributed by atoms with Gasteiger partial charge in [-0.25, -0.2) is 4.79 Å². The Kier molecular flexibility index (Phi) is 4.01. The first-order chi connectivity index (χ1) is 11.8. The molecule has 4 nitrogen and oxygen atoms in total. The molecule has 0 unspecified atom stereocenters. The summed E-state index contributed by atoms with van der Waals surface area (Å²) in [6.07, 6.45) is 4.26. The molecule has 120 valence electrons. The number of thiophene rings is 1. The number of hydrogen-bond donors (Lipinski definition) is 1. The molecule has 2 amide bonds. The number of urea groups is 1. The van der Waals surface area contributed by atoms with Gasteiger partial charge in [-0.2, -0.15) is 0 Å². The molecule has 0 spiro atoms. The maximum atomic E-state index is 12.9. The van der Waals surface area contributed by atoms with Crippen LogP contribution in [0.4, 0.5) is 10.5 Å². The van der Waals surface area contributed by atoms with Gasteiger partial charge in [0.15, 0.2) is 0 Å². The van der Waals surface area contributed by atoms with Crippen LogP contribution in [0.1, 0.15) is 22.0 Å².